The Hall–Kier alpha value is -0.570. The van der Waals surface area contributed by atoms with E-state index in [0.717, 1.165) is 31.8 Å². The van der Waals surface area contributed by atoms with E-state index >= 15 is 0 Å². The lowest BCUT2D eigenvalue weighted by Crippen LogP contribution is -2.50. The Bertz CT molecular complexity index is 274. The zero-order valence-electron chi connectivity index (χ0n) is 12.4. The molecule has 1 amide bonds. The van der Waals surface area contributed by atoms with Gasteiger partial charge in [-0.15, -0.1) is 0 Å². The van der Waals surface area contributed by atoms with E-state index in [9.17, 15) is 4.79 Å². The van der Waals surface area contributed by atoms with Crippen molar-refractivity contribution in [2.45, 2.75) is 70.8 Å². The Balaban J connectivity index is 1.58. The Morgan fingerprint density at radius 2 is 2.00 bits per heavy atom. The van der Waals surface area contributed by atoms with Crippen LogP contribution in [0, 0.1) is 11.8 Å². The second kappa shape index (κ2) is 7.88. The smallest absolute Gasteiger partial charge is 0.220 e. The summed E-state index contributed by atoms with van der Waals surface area (Å²) in [6.45, 7) is 4.28. The van der Waals surface area contributed by atoms with Crippen LogP contribution in [0.3, 0.4) is 0 Å². The molecule has 1 heterocycles. The molecule has 0 radical (unpaired) electrons. The van der Waals surface area contributed by atoms with Crippen molar-refractivity contribution >= 4 is 5.91 Å². The van der Waals surface area contributed by atoms with Crippen molar-refractivity contribution in [3.05, 3.63) is 0 Å². The zero-order chi connectivity index (χ0) is 13.5. The van der Waals surface area contributed by atoms with E-state index in [1.165, 1.54) is 44.9 Å². The summed E-state index contributed by atoms with van der Waals surface area (Å²) in [4.78, 5) is 12.0. The number of amides is 1. The lowest BCUT2D eigenvalue weighted by atomic mass is 9.86. The Morgan fingerprint density at radius 3 is 2.74 bits per heavy atom. The molecule has 1 saturated carbocycles. The van der Waals surface area contributed by atoms with Crippen LogP contribution in [0.1, 0.15) is 64.7 Å². The van der Waals surface area contributed by atoms with Gasteiger partial charge in [-0.2, -0.15) is 0 Å². The van der Waals surface area contributed by atoms with Crippen LogP contribution < -0.4 is 10.6 Å². The lowest BCUT2D eigenvalue weighted by molar-refractivity contribution is -0.122. The molecule has 3 heteroatoms. The molecule has 110 valence electrons. The predicted octanol–water partition coefficient (Wildman–Crippen LogP) is 2.85. The number of carbonyl (C=O) groups is 1. The normalized spacial score (nSPS) is 29.1. The molecule has 1 saturated heterocycles. The van der Waals surface area contributed by atoms with Crippen LogP contribution in [0.5, 0.6) is 0 Å². The molecule has 2 fully saturated rings. The summed E-state index contributed by atoms with van der Waals surface area (Å²) in [5.41, 5.74) is 0. The molecular formula is C16H30N2O. The number of piperidine rings is 1. The van der Waals surface area contributed by atoms with Gasteiger partial charge in [-0.05, 0) is 37.6 Å². The first-order chi connectivity index (χ1) is 9.25. The van der Waals surface area contributed by atoms with Crippen LogP contribution in [0.25, 0.3) is 0 Å². The number of rotatable bonds is 5. The highest BCUT2D eigenvalue weighted by Crippen LogP contribution is 2.27. The van der Waals surface area contributed by atoms with Gasteiger partial charge in [0, 0.05) is 19.0 Å². The average molecular weight is 266 g/mol. The van der Waals surface area contributed by atoms with Gasteiger partial charge in [-0.1, -0.05) is 39.0 Å². The first-order valence-electron chi connectivity index (χ1n) is 8.26. The maximum Gasteiger partial charge on any atom is 0.220 e. The van der Waals surface area contributed by atoms with E-state index in [1.54, 1.807) is 0 Å². The van der Waals surface area contributed by atoms with Gasteiger partial charge < -0.3 is 10.6 Å². The topological polar surface area (TPSA) is 41.1 Å². The Labute approximate surface area is 117 Å². The third kappa shape index (κ3) is 5.13. The number of nitrogens with one attached hydrogen (secondary N) is 2. The quantitative estimate of drug-likeness (QED) is 0.803. The van der Waals surface area contributed by atoms with Crippen molar-refractivity contribution in [3.8, 4) is 0 Å². The highest BCUT2D eigenvalue weighted by molar-refractivity contribution is 5.76. The zero-order valence-corrected chi connectivity index (χ0v) is 12.4. The minimum atomic E-state index is 0.261. The van der Waals surface area contributed by atoms with Gasteiger partial charge >= 0.3 is 0 Å². The van der Waals surface area contributed by atoms with Crippen molar-refractivity contribution in [2.75, 3.05) is 13.1 Å². The molecule has 0 aromatic heterocycles. The fourth-order valence-corrected chi connectivity index (χ4v) is 3.49. The largest absolute Gasteiger partial charge is 0.352 e. The third-order valence-electron chi connectivity index (χ3n) is 4.91. The molecule has 0 bridgehead atoms. The highest BCUT2D eigenvalue weighted by Gasteiger charge is 2.22. The molecule has 3 nitrogen and oxygen atoms in total. The van der Waals surface area contributed by atoms with Gasteiger partial charge in [0.05, 0.1) is 0 Å². The molecule has 1 aliphatic carbocycles. The monoisotopic (exact) mass is 266 g/mol. The summed E-state index contributed by atoms with van der Waals surface area (Å²) in [5.74, 6) is 1.77. The van der Waals surface area contributed by atoms with Gasteiger partial charge in [-0.25, -0.2) is 0 Å². The van der Waals surface area contributed by atoms with E-state index in [0.29, 0.717) is 12.0 Å². The SMILES string of the molecule is CC1CCNCC1NC(=O)CCCC1CCCCC1. The van der Waals surface area contributed by atoms with Crippen LogP contribution >= 0.6 is 0 Å². The fraction of sp³-hybridized carbons (Fsp3) is 0.938. The summed E-state index contributed by atoms with van der Waals surface area (Å²) in [7, 11) is 0. The minimum Gasteiger partial charge on any atom is -0.352 e. The first kappa shape index (κ1) is 14.8. The lowest BCUT2D eigenvalue weighted by Gasteiger charge is -2.30. The molecule has 0 spiro atoms. The van der Waals surface area contributed by atoms with Gasteiger partial charge in [0.15, 0.2) is 0 Å². The minimum absolute atomic E-state index is 0.261. The van der Waals surface area contributed by atoms with Crippen LogP contribution in [-0.2, 0) is 4.79 Å². The van der Waals surface area contributed by atoms with Gasteiger partial charge in [0.1, 0.15) is 0 Å². The fourth-order valence-electron chi connectivity index (χ4n) is 3.49. The van der Waals surface area contributed by atoms with E-state index in [-0.39, 0.29) is 5.91 Å². The van der Waals surface area contributed by atoms with Gasteiger partial charge in [-0.3, -0.25) is 4.79 Å². The molecule has 2 atom stereocenters. The third-order valence-corrected chi connectivity index (χ3v) is 4.91. The molecule has 2 unspecified atom stereocenters. The molecule has 1 aliphatic heterocycles. The summed E-state index contributed by atoms with van der Waals surface area (Å²) in [6, 6.07) is 0.343. The molecule has 2 N–H and O–H groups in total. The molecule has 2 rings (SSSR count). The first-order valence-corrected chi connectivity index (χ1v) is 8.26. The van der Waals surface area contributed by atoms with E-state index in [1.807, 2.05) is 0 Å². The van der Waals surface area contributed by atoms with Crippen molar-refractivity contribution in [1.29, 1.82) is 0 Å². The summed E-state index contributed by atoms with van der Waals surface area (Å²) >= 11 is 0. The Morgan fingerprint density at radius 1 is 1.21 bits per heavy atom. The standard InChI is InChI=1S/C16H30N2O/c1-13-10-11-17-12-15(13)18-16(19)9-5-8-14-6-3-2-4-7-14/h13-15,17H,2-12H2,1H3,(H,18,19). The number of hydrogen-bond donors (Lipinski definition) is 2. The van der Waals surface area contributed by atoms with Crippen molar-refractivity contribution in [3.63, 3.8) is 0 Å². The maximum atomic E-state index is 12.0. The predicted molar refractivity (Wildman–Crippen MR) is 79.0 cm³/mol. The molecule has 0 aromatic rings. The van der Waals surface area contributed by atoms with E-state index < -0.39 is 0 Å². The van der Waals surface area contributed by atoms with Gasteiger partial charge in [0.2, 0.25) is 5.91 Å². The summed E-state index contributed by atoms with van der Waals surface area (Å²) in [5, 5.41) is 6.57. The molecule has 2 aliphatic rings. The Kier molecular flexibility index (Phi) is 6.15. The maximum absolute atomic E-state index is 12.0. The second-order valence-electron chi connectivity index (χ2n) is 6.54. The van der Waals surface area contributed by atoms with Gasteiger partial charge in [0.25, 0.3) is 0 Å². The van der Waals surface area contributed by atoms with Crippen LogP contribution in [0.15, 0.2) is 0 Å². The van der Waals surface area contributed by atoms with E-state index in [4.69, 9.17) is 0 Å². The van der Waals surface area contributed by atoms with Crippen LogP contribution in [0.2, 0.25) is 0 Å². The molecule has 0 aromatic carbocycles. The van der Waals surface area contributed by atoms with Crippen molar-refractivity contribution in [1.82, 2.24) is 10.6 Å². The van der Waals surface area contributed by atoms with Crippen LogP contribution in [0.4, 0.5) is 0 Å². The summed E-state index contributed by atoms with van der Waals surface area (Å²) in [6.07, 6.45) is 11.2. The summed E-state index contributed by atoms with van der Waals surface area (Å²) < 4.78 is 0. The molecule has 19 heavy (non-hydrogen) atoms. The second-order valence-corrected chi connectivity index (χ2v) is 6.54. The molecular weight excluding hydrogens is 236 g/mol. The highest BCUT2D eigenvalue weighted by atomic mass is 16.1. The van der Waals surface area contributed by atoms with E-state index in [2.05, 4.69) is 17.6 Å². The van der Waals surface area contributed by atoms with Crippen molar-refractivity contribution in [2.24, 2.45) is 11.8 Å². The van der Waals surface area contributed by atoms with Crippen molar-refractivity contribution < 1.29 is 4.79 Å². The average Bonchev–Trinajstić information content (AvgIpc) is 2.43. The van der Waals surface area contributed by atoms with Crippen LogP contribution in [-0.4, -0.2) is 25.0 Å². The number of hydrogen-bond acceptors (Lipinski definition) is 2. The number of carbonyl (C=O) groups excluding carboxylic acids is 1.